The van der Waals surface area contributed by atoms with E-state index in [9.17, 15) is 13.5 Å². The van der Waals surface area contributed by atoms with Crippen molar-refractivity contribution in [1.82, 2.24) is 4.72 Å². The molecule has 6 nitrogen and oxygen atoms in total. The molecule has 1 heterocycles. The number of guanidine groups is 1. The van der Waals surface area contributed by atoms with Crippen LogP contribution in [-0.2, 0) is 10.0 Å². The number of fused-ring (bicyclic) bond motifs is 1. The number of hydrogen-bond donors (Lipinski definition) is 3. The van der Waals surface area contributed by atoms with Crippen LogP contribution in [0.15, 0.2) is 28.1 Å². The molecule has 0 aromatic heterocycles. The molecule has 0 unspecified atom stereocenters. The lowest BCUT2D eigenvalue weighted by Gasteiger charge is -2.25. The van der Waals surface area contributed by atoms with Gasteiger partial charge >= 0.3 is 0 Å². The second-order valence-electron chi connectivity index (χ2n) is 5.16. The molecule has 19 heavy (non-hydrogen) atoms. The topological polar surface area (TPSA) is 90.8 Å². The van der Waals surface area contributed by atoms with E-state index in [0.29, 0.717) is 5.69 Å². The lowest BCUT2D eigenvalue weighted by molar-refractivity contribution is 0.222. The molecular formula is C12H17N3O3S. The van der Waals surface area contributed by atoms with E-state index in [0.717, 1.165) is 5.56 Å². The Balaban J connectivity index is 2.48. The van der Waals surface area contributed by atoms with Crippen LogP contribution in [0, 0.1) is 6.92 Å². The molecule has 2 rings (SSSR count). The molecule has 7 heteroatoms. The van der Waals surface area contributed by atoms with Gasteiger partial charge in [0.25, 0.3) is 10.0 Å². The predicted octanol–water partition coefficient (Wildman–Crippen LogP) is 0.826. The highest BCUT2D eigenvalue weighted by molar-refractivity contribution is 7.90. The molecule has 0 spiro atoms. The minimum atomic E-state index is -3.62. The van der Waals surface area contributed by atoms with Crippen molar-refractivity contribution in [2.24, 2.45) is 4.99 Å². The number of aryl methyl sites for hydroxylation is 1. The quantitative estimate of drug-likeness (QED) is 0.749. The number of benzene rings is 1. The van der Waals surface area contributed by atoms with Crippen LogP contribution in [0.4, 0.5) is 5.69 Å². The molecule has 1 aromatic rings. The average molecular weight is 283 g/mol. The van der Waals surface area contributed by atoms with Gasteiger partial charge in [0.05, 0.1) is 17.8 Å². The standard InChI is InChI=1S/C12H17N3O3S/c1-8-4-5-9-10(6-8)19(17,18)15-11(13-9)14-12(2,3)7-16/h4-6,16H,7H2,1-3H3,(H2,13,14,15). The Bertz CT molecular complexity index is 636. The van der Waals surface area contributed by atoms with Crippen molar-refractivity contribution in [2.75, 3.05) is 11.9 Å². The second kappa shape index (κ2) is 4.50. The molecule has 3 N–H and O–H groups in total. The largest absolute Gasteiger partial charge is 0.394 e. The Kier molecular flexibility index (Phi) is 3.27. The van der Waals surface area contributed by atoms with Gasteiger partial charge in [0.15, 0.2) is 0 Å². The highest BCUT2D eigenvalue weighted by Crippen LogP contribution is 2.26. The van der Waals surface area contributed by atoms with Gasteiger partial charge < -0.3 is 10.4 Å². The molecule has 0 saturated heterocycles. The molecule has 0 fully saturated rings. The van der Waals surface area contributed by atoms with Crippen molar-refractivity contribution in [3.05, 3.63) is 23.8 Å². The van der Waals surface area contributed by atoms with Crippen LogP contribution < -0.4 is 10.0 Å². The zero-order valence-corrected chi connectivity index (χ0v) is 11.9. The van der Waals surface area contributed by atoms with Crippen molar-refractivity contribution in [1.29, 1.82) is 0 Å². The van der Waals surface area contributed by atoms with Crippen LogP contribution in [0.1, 0.15) is 19.4 Å². The van der Waals surface area contributed by atoms with Crippen LogP contribution in [0.5, 0.6) is 0 Å². The van der Waals surface area contributed by atoms with E-state index in [1.165, 1.54) is 0 Å². The highest BCUT2D eigenvalue weighted by atomic mass is 32.2. The van der Waals surface area contributed by atoms with Crippen LogP contribution >= 0.6 is 0 Å². The average Bonchev–Trinajstić information content (AvgIpc) is 2.29. The number of aliphatic imine (C=N–C) groups is 1. The second-order valence-corrected chi connectivity index (χ2v) is 6.81. The summed E-state index contributed by atoms with van der Waals surface area (Å²) in [5.41, 5.74) is 0.589. The van der Waals surface area contributed by atoms with E-state index >= 15 is 0 Å². The number of anilines is 1. The SMILES string of the molecule is Cc1ccc2c(c1)S(=O)(=O)NC(=NC(C)(C)CO)N2. The lowest BCUT2D eigenvalue weighted by atomic mass is 10.1. The summed E-state index contributed by atoms with van der Waals surface area (Å²) in [7, 11) is -3.62. The van der Waals surface area contributed by atoms with Crippen molar-refractivity contribution >= 4 is 21.7 Å². The van der Waals surface area contributed by atoms with Gasteiger partial charge in [-0.15, -0.1) is 0 Å². The third-order valence-corrected chi connectivity index (χ3v) is 4.09. The molecule has 0 bridgehead atoms. The minimum Gasteiger partial charge on any atom is -0.394 e. The number of hydrogen-bond acceptors (Lipinski definition) is 4. The van der Waals surface area contributed by atoms with Gasteiger partial charge in [-0.05, 0) is 38.5 Å². The Morgan fingerprint density at radius 2 is 2.05 bits per heavy atom. The number of rotatable bonds is 2. The summed E-state index contributed by atoms with van der Waals surface area (Å²) in [5.74, 6) is 0.121. The minimum absolute atomic E-state index is 0.121. The first kappa shape index (κ1) is 13.8. The molecule has 0 saturated carbocycles. The van der Waals surface area contributed by atoms with Crippen molar-refractivity contribution in [3.63, 3.8) is 0 Å². The molecule has 104 valence electrons. The van der Waals surface area contributed by atoms with Gasteiger partial charge in [-0.2, -0.15) is 0 Å². The summed E-state index contributed by atoms with van der Waals surface area (Å²) in [6.45, 7) is 5.07. The van der Waals surface area contributed by atoms with Gasteiger partial charge in [0, 0.05) is 0 Å². The zero-order chi connectivity index (χ0) is 14.3. The maximum atomic E-state index is 12.1. The Hall–Kier alpha value is -1.60. The zero-order valence-electron chi connectivity index (χ0n) is 11.1. The molecule has 0 amide bonds. The molecular weight excluding hydrogens is 266 g/mol. The van der Waals surface area contributed by atoms with E-state index in [1.54, 1.807) is 26.0 Å². The molecule has 1 aromatic carbocycles. The van der Waals surface area contributed by atoms with E-state index in [1.807, 2.05) is 13.0 Å². The van der Waals surface area contributed by atoms with Crippen LogP contribution in [0.25, 0.3) is 0 Å². The number of aliphatic hydroxyl groups is 1. The third kappa shape index (κ3) is 2.87. The number of sulfonamides is 1. The Morgan fingerprint density at radius 1 is 1.37 bits per heavy atom. The summed E-state index contributed by atoms with van der Waals surface area (Å²) < 4.78 is 26.6. The summed E-state index contributed by atoms with van der Waals surface area (Å²) >= 11 is 0. The maximum absolute atomic E-state index is 12.1. The van der Waals surface area contributed by atoms with Crippen LogP contribution in [0.2, 0.25) is 0 Å². The summed E-state index contributed by atoms with van der Waals surface area (Å²) in [6, 6.07) is 5.12. The van der Waals surface area contributed by atoms with E-state index in [2.05, 4.69) is 15.0 Å². The normalized spacial score (nSPS) is 19.5. The molecule has 0 aliphatic carbocycles. The fourth-order valence-electron chi connectivity index (χ4n) is 1.68. The van der Waals surface area contributed by atoms with Gasteiger partial charge in [0.2, 0.25) is 5.96 Å². The van der Waals surface area contributed by atoms with E-state index in [-0.39, 0.29) is 17.5 Å². The third-order valence-electron chi connectivity index (χ3n) is 2.71. The highest BCUT2D eigenvalue weighted by Gasteiger charge is 2.28. The Morgan fingerprint density at radius 3 is 2.68 bits per heavy atom. The van der Waals surface area contributed by atoms with Crippen molar-refractivity contribution < 1.29 is 13.5 Å². The monoisotopic (exact) mass is 283 g/mol. The lowest BCUT2D eigenvalue weighted by Crippen LogP contribution is -2.43. The molecule has 0 radical (unpaired) electrons. The summed E-state index contributed by atoms with van der Waals surface area (Å²) in [4.78, 5) is 4.37. The maximum Gasteiger partial charge on any atom is 0.266 e. The smallest absolute Gasteiger partial charge is 0.266 e. The van der Waals surface area contributed by atoms with Gasteiger partial charge in [0.1, 0.15) is 4.90 Å². The van der Waals surface area contributed by atoms with Crippen molar-refractivity contribution in [2.45, 2.75) is 31.2 Å². The fourth-order valence-corrected chi connectivity index (χ4v) is 2.89. The van der Waals surface area contributed by atoms with Crippen LogP contribution in [0.3, 0.4) is 0 Å². The fraction of sp³-hybridized carbons (Fsp3) is 0.417. The summed E-state index contributed by atoms with van der Waals surface area (Å²) in [6.07, 6.45) is 0. The number of aliphatic hydroxyl groups excluding tert-OH is 1. The molecule has 0 atom stereocenters. The van der Waals surface area contributed by atoms with Crippen molar-refractivity contribution in [3.8, 4) is 0 Å². The van der Waals surface area contributed by atoms with Gasteiger partial charge in [-0.3, -0.25) is 0 Å². The molecule has 1 aliphatic heterocycles. The molecule has 1 aliphatic rings. The Labute approximate surface area is 112 Å². The first-order chi connectivity index (χ1) is 8.73. The first-order valence-electron chi connectivity index (χ1n) is 5.85. The van der Waals surface area contributed by atoms with Gasteiger partial charge in [-0.1, -0.05) is 6.07 Å². The number of nitrogens with one attached hydrogen (secondary N) is 2. The first-order valence-corrected chi connectivity index (χ1v) is 7.33. The number of nitrogens with zero attached hydrogens (tertiary/aromatic N) is 1. The van der Waals surface area contributed by atoms with E-state index in [4.69, 9.17) is 0 Å². The van der Waals surface area contributed by atoms with E-state index < -0.39 is 15.6 Å². The van der Waals surface area contributed by atoms with Gasteiger partial charge in [-0.25, -0.2) is 18.1 Å². The predicted molar refractivity (Wildman–Crippen MR) is 73.7 cm³/mol. The van der Waals surface area contributed by atoms with Crippen LogP contribution in [-0.4, -0.2) is 31.6 Å². The summed E-state index contributed by atoms with van der Waals surface area (Å²) in [5, 5.41) is 12.1.